The van der Waals surface area contributed by atoms with Crippen LogP contribution < -0.4 is 5.63 Å². The summed E-state index contributed by atoms with van der Waals surface area (Å²) >= 11 is 0. The highest BCUT2D eigenvalue weighted by Gasteiger charge is 2.29. The molecule has 4 rings (SSSR count). The number of carbonyl (C=O) groups excluding carboxylic acids is 1. The second kappa shape index (κ2) is 8.49. The number of hydrogen-bond acceptors (Lipinski definition) is 4. The van der Waals surface area contributed by atoms with Crippen LogP contribution >= 0.6 is 0 Å². The van der Waals surface area contributed by atoms with Crippen LogP contribution in [0.3, 0.4) is 0 Å². The molecule has 154 valence electrons. The predicted molar refractivity (Wildman–Crippen MR) is 106 cm³/mol. The van der Waals surface area contributed by atoms with Gasteiger partial charge in [-0.25, -0.2) is 9.18 Å². The van der Waals surface area contributed by atoms with Gasteiger partial charge in [-0.2, -0.15) is 0 Å². The van der Waals surface area contributed by atoms with Crippen molar-refractivity contribution in [1.82, 2.24) is 4.90 Å². The highest BCUT2D eigenvalue weighted by atomic mass is 19.1. The van der Waals surface area contributed by atoms with Gasteiger partial charge < -0.3 is 14.1 Å². The van der Waals surface area contributed by atoms with Gasteiger partial charge in [-0.1, -0.05) is 18.2 Å². The number of hydrogen-bond donors (Lipinski definition) is 0. The smallest absolute Gasteiger partial charge is 0.349 e. The molecule has 0 aliphatic carbocycles. The number of rotatable bonds is 4. The lowest BCUT2D eigenvalue weighted by Gasteiger charge is -2.32. The van der Waals surface area contributed by atoms with Gasteiger partial charge in [0, 0.05) is 19.7 Å². The molecule has 1 aromatic heterocycles. The van der Waals surface area contributed by atoms with E-state index in [1.807, 2.05) is 12.1 Å². The average Bonchev–Trinajstić information content (AvgIpc) is 3.24. The van der Waals surface area contributed by atoms with E-state index in [-0.39, 0.29) is 23.4 Å². The van der Waals surface area contributed by atoms with Gasteiger partial charge in [0.2, 0.25) is 0 Å². The zero-order valence-electron chi connectivity index (χ0n) is 16.7. The molecule has 0 N–H and O–H groups in total. The second-order valence-electron chi connectivity index (χ2n) is 8.03. The molecule has 29 heavy (non-hydrogen) atoms. The minimum atomic E-state index is -0.589. The molecule has 2 fully saturated rings. The Labute approximate surface area is 169 Å². The Bertz CT molecular complexity index is 940. The van der Waals surface area contributed by atoms with E-state index in [0.29, 0.717) is 43.4 Å². The summed E-state index contributed by atoms with van der Waals surface area (Å²) in [5.41, 5.74) is 0.872. The zero-order chi connectivity index (χ0) is 20.4. The topological polar surface area (TPSA) is 59.8 Å². The molecule has 5 nitrogen and oxygen atoms in total. The summed E-state index contributed by atoms with van der Waals surface area (Å²) in [5.74, 6) is 0.380. The molecule has 0 saturated carbocycles. The lowest BCUT2D eigenvalue weighted by atomic mass is 9.89. The van der Waals surface area contributed by atoms with E-state index < -0.39 is 5.63 Å². The second-order valence-corrected chi connectivity index (χ2v) is 8.03. The number of aryl methyl sites for hydroxylation is 1. The van der Waals surface area contributed by atoms with E-state index in [2.05, 4.69) is 0 Å². The molecule has 0 radical (unpaired) electrons. The molecule has 1 unspecified atom stereocenters. The van der Waals surface area contributed by atoms with Crippen LogP contribution in [-0.2, 0) is 11.2 Å². The van der Waals surface area contributed by atoms with Gasteiger partial charge in [0.15, 0.2) is 0 Å². The van der Waals surface area contributed by atoms with Gasteiger partial charge in [-0.15, -0.1) is 0 Å². The largest absolute Gasteiger partial charge is 0.424 e. The first-order valence-electron chi connectivity index (χ1n) is 10.3. The van der Waals surface area contributed by atoms with Gasteiger partial charge in [0.1, 0.15) is 23.2 Å². The molecule has 2 saturated heterocycles. The Balaban J connectivity index is 1.42. The third-order valence-electron chi connectivity index (χ3n) is 6.00. The maximum Gasteiger partial charge on any atom is 0.349 e. The van der Waals surface area contributed by atoms with Crippen molar-refractivity contribution in [3.63, 3.8) is 0 Å². The molecule has 3 heterocycles. The average molecular weight is 399 g/mol. The first-order chi connectivity index (χ1) is 14.0. The summed E-state index contributed by atoms with van der Waals surface area (Å²) < 4.78 is 24.9. The number of carbonyl (C=O) groups is 1. The molecule has 6 heteroatoms. The number of likely N-dealkylation sites (tertiary alicyclic amines) is 1. The molecular formula is C23H26FNO4. The third kappa shape index (κ3) is 4.27. The molecule has 0 spiro atoms. The number of nitrogens with zero attached hydrogens (tertiary/aromatic N) is 1. The lowest BCUT2D eigenvalue weighted by Crippen LogP contribution is -2.41. The number of benzene rings is 1. The van der Waals surface area contributed by atoms with Crippen molar-refractivity contribution in [2.45, 2.75) is 45.1 Å². The third-order valence-corrected chi connectivity index (χ3v) is 6.00. The molecule has 1 atom stereocenters. The van der Waals surface area contributed by atoms with Crippen molar-refractivity contribution in [3.05, 3.63) is 69.0 Å². The summed E-state index contributed by atoms with van der Waals surface area (Å²) in [4.78, 5) is 27.2. The van der Waals surface area contributed by atoms with Gasteiger partial charge in [0.25, 0.3) is 5.91 Å². The van der Waals surface area contributed by atoms with E-state index in [1.165, 1.54) is 6.07 Å². The van der Waals surface area contributed by atoms with E-state index in [4.69, 9.17) is 9.15 Å². The minimum absolute atomic E-state index is 0.110. The maximum absolute atomic E-state index is 13.9. The van der Waals surface area contributed by atoms with E-state index >= 15 is 0 Å². The SMILES string of the molecule is Cc1cc(C2CCCO2)oc(=O)c1C(=O)N1CCC(Cc2ccccc2F)CC1. The van der Waals surface area contributed by atoms with Crippen LogP contribution in [0, 0.1) is 18.7 Å². The van der Waals surface area contributed by atoms with Crippen LogP contribution in [0.25, 0.3) is 0 Å². The normalized spacial score (nSPS) is 20.2. The van der Waals surface area contributed by atoms with E-state index in [9.17, 15) is 14.0 Å². The van der Waals surface area contributed by atoms with Crippen molar-refractivity contribution in [1.29, 1.82) is 0 Å². The van der Waals surface area contributed by atoms with Gasteiger partial charge in [0.05, 0.1) is 0 Å². The van der Waals surface area contributed by atoms with Gasteiger partial charge in [-0.3, -0.25) is 4.79 Å². The summed E-state index contributed by atoms with van der Waals surface area (Å²) in [6.45, 7) is 3.55. The Morgan fingerprint density at radius 3 is 2.62 bits per heavy atom. The monoisotopic (exact) mass is 399 g/mol. The quantitative estimate of drug-likeness (QED) is 0.779. The van der Waals surface area contributed by atoms with Crippen molar-refractivity contribution in [2.75, 3.05) is 19.7 Å². The van der Waals surface area contributed by atoms with Crippen LogP contribution in [0.15, 0.2) is 39.5 Å². The van der Waals surface area contributed by atoms with Crippen molar-refractivity contribution in [3.8, 4) is 0 Å². The van der Waals surface area contributed by atoms with Crippen LogP contribution in [0.4, 0.5) is 4.39 Å². The first-order valence-corrected chi connectivity index (χ1v) is 10.3. The molecular weight excluding hydrogens is 373 g/mol. The molecule has 2 aromatic rings. The van der Waals surface area contributed by atoms with Gasteiger partial charge >= 0.3 is 5.63 Å². The van der Waals surface area contributed by atoms with E-state index in [0.717, 1.165) is 31.2 Å². The maximum atomic E-state index is 13.9. The number of ether oxygens (including phenoxy) is 1. The Kier molecular flexibility index (Phi) is 5.81. The highest BCUT2D eigenvalue weighted by molar-refractivity contribution is 5.95. The summed E-state index contributed by atoms with van der Waals surface area (Å²) in [6, 6.07) is 8.60. The Morgan fingerprint density at radius 2 is 1.97 bits per heavy atom. The number of piperidine rings is 1. The summed E-state index contributed by atoms with van der Waals surface area (Å²) in [5, 5.41) is 0. The van der Waals surface area contributed by atoms with Crippen molar-refractivity contribution >= 4 is 5.91 Å². The van der Waals surface area contributed by atoms with E-state index in [1.54, 1.807) is 24.0 Å². The minimum Gasteiger partial charge on any atom is -0.424 e. The Hall–Kier alpha value is -2.47. The molecule has 1 aromatic carbocycles. The fraction of sp³-hybridized carbons (Fsp3) is 0.478. The molecule has 2 aliphatic rings. The first kappa shape index (κ1) is 19.8. The molecule has 2 aliphatic heterocycles. The zero-order valence-corrected chi connectivity index (χ0v) is 16.7. The molecule has 0 bridgehead atoms. The highest BCUT2D eigenvalue weighted by Crippen LogP contribution is 2.29. The van der Waals surface area contributed by atoms with Crippen molar-refractivity contribution < 1.29 is 18.3 Å². The Morgan fingerprint density at radius 1 is 1.21 bits per heavy atom. The van der Waals surface area contributed by atoms with Crippen molar-refractivity contribution in [2.24, 2.45) is 5.92 Å². The lowest BCUT2D eigenvalue weighted by molar-refractivity contribution is 0.0677. The molecule has 1 amide bonds. The van der Waals surface area contributed by atoms with Gasteiger partial charge in [-0.05, 0) is 68.2 Å². The summed E-state index contributed by atoms with van der Waals surface area (Å²) in [7, 11) is 0. The van der Waals surface area contributed by atoms with Crippen LogP contribution in [-0.4, -0.2) is 30.5 Å². The van der Waals surface area contributed by atoms with Crippen LogP contribution in [0.5, 0.6) is 0 Å². The van der Waals surface area contributed by atoms with Crippen LogP contribution in [0.2, 0.25) is 0 Å². The predicted octanol–water partition coefficient (Wildman–Crippen LogP) is 4.03. The number of halogens is 1. The number of amides is 1. The fourth-order valence-electron chi connectivity index (χ4n) is 4.32. The summed E-state index contributed by atoms with van der Waals surface area (Å²) in [6.07, 6.45) is 3.82. The fourth-order valence-corrected chi connectivity index (χ4v) is 4.32. The van der Waals surface area contributed by atoms with Crippen LogP contribution in [0.1, 0.15) is 59.0 Å². The standard InChI is InChI=1S/C23H26FNO4/c1-15-13-20(19-7-4-12-28-19)29-23(27)21(15)22(26)25-10-8-16(9-11-25)14-17-5-2-3-6-18(17)24/h2-3,5-6,13,16,19H,4,7-12,14H2,1H3.